The summed E-state index contributed by atoms with van der Waals surface area (Å²) in [6.07, 6.45) is 1.78. The summed E-state index contributed by atoms with van der Waals surface area (Å²) < 4.78 is 103. The van der Waals surface area contributed by atoms with Gasteiger partial charge in [0, 0.05) is 52.0 Å². The number of fused-ring (bicyclic) bond motifs is 4. The fraction of sp³-hybridized carbons (Fsp3) is 0.172. The predicted molar refractivity (Wildman–Crippen MR) is 291 cm³/mol. The number of anilines is 4. The molecule has 8 aromatic carbocycles. The van der Waals surface area contributed by atoms with Gasteiger partial charge in [-0.25, -0.2) is 4.98 Å². The predicted octanol–water partition coefficient (Wildman–Crippen LogP) is 17.9. The molecule has 0 saturated heterocycles. The normalized spacial score (nSPS) is 14.6. The van der Waals surface area contributed by atoms with Crippen LogP contribution in [0.5, 0.6) is 23.0 Å². The molecule has 70 heavy (non-hydrogen) atoms. The lowest BCUT2D eigenvalue weighted by Crippen LogP contribution is -2.24. The first-order valence-electron chi connectivity index (χ1n) is 28.7. The van der Waals surface area contributed by atoms with Crippen LogP contribution in [0.25, 0.3) is 49.9 Å². The number of pyridine rings is 1. The number of aromatic nitrogens is 2. The highest BCUT2D eigenvalue weighted by atomic mass is 16.5. The van der Waals surface area contributed by atoms with Gasteiger partial charge in [0.2, 0.25) is 0 Å². The quantitative estimate of drug-likeness (QED) is 0.129. The Labute approximate surface area is 426 Å². The zero-order chi connectivity index (χ0) is 56.8. The Hall–Kier alpha value is -8.09. The highest BCUT2D eigenvalue weighted by molar-refractivity contribution is 6.10. The fourth-order valence-electron chi connectivity index (χ4n) is 9.57. The van der Waals surface area contributed by atoms with Gasteiger partial charge in [0.15, 0.2) is 0 Å². The maximum atomic E-state index is 9.09. The second-order valence-electron chi connectivity index (χ2n) is 19.3. The van der Waals surface area contributed by atoms with E-state index in [4.69, 9.17) is 28.2 Å². The van der Waals surface area contributed by atoms with Crippen molar-refractivity contribution in [1.82, 2.24) is 9.55 Å². The van der Waals surface area contributed by atoms with E-state index < -0.39 is 60.4 Å². The minimum Gasteiger partial charge on any atom is -0.457 e. The first kappa shape index (κ1) is 34.2. The van der Waals surface area contributed by atoms with Gasteiger partial charge >= 0.3 is 0 Å². The van der Waals surface area contributed by atoms with Crippen molar-refractivity contribution in [2.75, 3.05) is 16.5 Å². The number of benzene rings is 8. The van der Waals surface area contributed by atoms with Crippen molar-refractivity contribution in [2.24, 2.45) is 0 Å². The van der Waals surface area contributed by atoms with Gasteiger partial charge in [-0.05, 0) is 99.7 Å². The number of nitrogens with zero attached hydrogens (tertiary/aromatic N) is 4. The average molecular weight is 925 g/mol. The molecule has 0 atom stereocenters. The largest absolute Gasteiger partial charge is 0.457 e. The van der Waals surface area contributed by atoms with Crippen molar-refractivity contribution in [1.29, 1.82) is 0 Å². The molecule has 346 valence electrons. The molecule has 0 spiro atoms. The van der Waals surface area contributed by atoms with Gasteiger partial charge in [0.05, 0.1) is 41.8 Å². The lowest BCUT2D eigenvalue weighted by molar-refractivity contribution is 0.462. The first-order valence-corrected chi connectivity index (χ1v) is 23.7. The molecule has 0 fully saturated rings. The molecule has 6 nitrogen and oxygen atoms in total. The molecule has 3 heterocycles. The lowest BCUT2D eigenvalue weighted by Gasteiger charge is -2.27. The molecule has 0 amide bonds. The molecule has 0 N–H and O–H groups in total. The summed E-state index contributed by atoms with van der Waals surface area (Å²) in [5.41, 5.74) is 7.89. The molecular weight excluding hydrogens is 857 g/mol. The number of hydrogen-bond acceptors (Lipinski definition) is 5. The number of rotatable bonds is 11. The van der Waals surface area contributed by atoms with Crippen LogP contribution in [0, 0.1) is 0 Å². The van der Waals surface area contributed by atoms with Gasteiger partial charge < -0.3 is 19.3 Å². The molecule has 11 rings (SSSR count). The molecule has 2 aromatic heterocycles. The minimum absolute atomic E-state index is 0.0957. The topological polar surface area (TPSA) is 42.8 Å². The zero-order valence-electron chi connectivity index (χ0n) is 50.2. The molecule has 0 bridgehead atoms. The Morgan fingerprint density at radius 3 is 1.81 bits per heavy atom. The summed E-state index contributed by atoms with van der Waals surface area (Å²) in [7, 11) is 0. The first-order chi connectivity index (χ1) is 38.1. The summed E-state index contributed by atoms with van der Waals surface area (Å²) in [6, 6.07) is 38.0. The maximum absolute atomic E-state index is 9.09. The van der Waals surface area contributed by atoms with Crippen LogP contribution in [0.2, 0.25) is 0 Å². The Bertz CT molecular complexity index is 3980. The van der Waals surface area contributed by atoms with E-state index in [-0.39, 0.29) is 51.9 Å². The SMILES string of the molecule is [2H]c1c([2H])c([2H])c(-c2cccc(-c3c([2H])c([2H])c([2H])c([2H])c3[2H])c2N2CN(c3cccc(Oc4ccc5c6cc(C(C)(C)C)ccc6n(-c6cc(Oc7c(C(C)C)cccc7C(C)C)ccn6)c5c4)c3)c3ccccc32)c([2H])c1[2H]. The summed E-state index contributed by atoms with van der Waals surface area (Å²) in [6.45, 7) is 15.4. The molecule has 0 aliphatic carbocycles. The van der Waals surface area contributed by atoms with Crippen LogP contribution < -0.4 is 19.3 Å². The van der Waals surface area contributed by atoms with Crippen molar-refractivity contribution < 1.29 is 23.2 Å². The van der Waals surface area contributed by atoms with Crippen LogP contribution in [0.1, 0.15) is 90.7 Å². The summed E-state index contributed by atoms with van der Waals surface area (Å²) in [5.74, 6) is 3.82. The van der Waals surface area contributed by atoms with Gasteiger partial charge in [-0.1, -0.05) is 170 Å². The van der Waals surface area contributed by atoms with Crippen molar-refractivity contribution in [3.8, 4) is 51.1 Å². The van der Waals surface area contributed by atoms with E-state index in [1.165, 1.54) is 5.56 Å². The van der Waals surface area contributed by atoms with Gasteiger partial charge in [0.1, 0.15) is 35.5 Å². The van der Waals surface area contributed by atoms with E-state index in [2.05, 4.69) is 95.5 Å². The van der Waals surface area contributed by atoms with E-state index in [0.29, 0.717) is 28.8 Å². The maximum Gasteiger partial charge on any atom is 0.141 e. The van der Waals surface area contributed by atoms with E-state index in [9.17, 15) is 0 Å². The zero-order valence-corrected chi connectivity index (χ0v) is 40.2. The third-order valence-electron chi connectivity index (χ3n) is 13.0. The van der Waals surface area contributed by atoms with Crippen molar-refractivity contribution in [3.63, 3.8) is 0 Å². The second-order valence-corrected chi connectivity index (χ2v) is 19.3. The van der Waals surface area contributed by atoms with E-state index in [1.54, 1.807) is 24.4 Å². The van der Waals surface area contributed by atoms with Gasteiger partial charge in [-0.2, -0.15) is 0 Å². The van der Waals surface area contributed by atoms with Gasteiger partial charge in [-0.3, -0.25) is 4.57 Å². The average Bonchev–Trinajstić information content (AvgIpc) is 4.12. The summed E-state index contributed by atoms with van der Waals surface area (Å²) in [5, 5.41) is 2.09. The Balaban J connectivity index is 1.01. The lowest BCUT2D eigenvalue weighted by atomic mass is 9.86. The Morgan fingerprint density at radius 1 is 0.543 bits per heavy atom. The number of hydrogen-bond donors (Lipinski definition) is 0. The highest BCUT2D eigenvalue weighted by Gasteiger charge is 2.31. The third-order valence-corrected chi connectivity index (χ3v) is 13.0. The van der Waals surface area contributed by atoms with Crippen LogP contribution in [-0.4, -0.2) is 16.2 Å². The summed E-state index contributed by atoms with van der Waals surface area (Å²) >= 11 is 0. The molecule has 1 aliphatic rings. The molecular formula is C64H58N4O2. The standard InChI is InChI=1S/C64H58N4O2/c1-42(2)51-25-17-26-52(43(3)4)63(51)70-50-35-36-65-61(40-50)68-57-34-31-46(64(5,6)7)37-56(57)55-33-32-49(39-60(55)68)69-48-24-16-23-47(38-48)66-41-67(59-30-15-14-29-58(59)66)62-53(44-19-10-8-11-20-44)27-18-28-54(62)45-21-12-9-13-22-45/h8-40,42-43H,41H2,1-7H3/i8D,9D,10D,11D,12D,13D,19D,20D,21D,22D. The minimum atomic E-state index is -0.555. The van der Waals surface area contributed by atoms with Crippen LogP contribution >= 0.6 is 0 Å². The summed E-state index contributed by atoms with van der Waals surface area (Å²) in [4.78, 5) is 8.90. The van der Waals surface area contributed by atoms with Gasteiger partial charge in [-0.15, -0.1) is 0 Å². The van der Waals surface area contributed by atoms with Crippen LogP contribution in [0.15, 0.2) is 200 Å². The number of ether oxygens (including phenoxy) is 2. The van der Waals surface area contributed by atoms with Crippen LogP contribution in [0.4, 0.5) is 22.7 Å². The van der Waals surface area contributed by atoms with E-state index >= 15 is 0 Å². The van der Waals surface area contributed by atoms with E-state index in [0.717, 1.165) is 50.1 Å². The second kappa shape index (κ2) is 18.1. The third kappa shape index (κ3) is 8.23. The molecule has 0 unspecified atom stereocenters. The van der Waals surface area contributed by atoms with Gasteiger partial charge in [0.25, 0.3) is 0 Å². The molecule has 0 saturated carbocycles. The monoisotopic (exact) mass is 925 g/mol. The Morgan fingerprint density at radius 2 is 1.16 bits per heavy atom. The van der Waals surface area contributed by atoms with Crippen molar-refractivity contribution >= 4 is 44.6 Å². The van der Waals surface area contributed by atoms with Crippen molar-refractivity contribution in [2.45, 2.75) is 65.7 Å². The smallest absolute Gasteiger partial charge is 0.141 e. The number of para-hydroxylation sites is 4. The van der Waals surface area contributed by atoms with Crippen molar-refractivity contribution in [3.05, 3.63) is 217 Å². The fourth-order valence-corrected chi connectivity index (χ4v) is 9.57. The molecule has 10 aromatic rings. The van der Waals surface area contributed by atoms with E-state index in [1.807, 2.05) is 82.6 Å². The molecule has 1 aliphatic heterocycles. The van der Waals surface area contributed by atoms with Crippen LogP contribution in [-0.2, 0) is 5.41 Å². The molecule has 0 radical (unpaired) electrons. The Kier molecular flexibility index (Phi) is 8.85. The van der Waals surface area contributed by atoms with Crippen LogP contribution in [0.3, 0.4) is 0 Å². The highest BCUT2D eigenvalue weighted by Crippen LogP contribution is 2.50. The molecule has 6 heteroatoms.